The number of nitrogens with one attached hydrogen (secondary N) is 1. The van der Waals surface area contributed by atoms with Gasteiger partial charge in [0.05, 0.1) is 27.6 Å². The van der Waals surface area contributed by atoms with Gasteiger partial charge in [-0.15, -0.1) is 0 Å². The summed E-state index contributed by atoms with van der Waals surface area (Å²) >= 11 is 0. The zero-order chi connectivity index (χ0) is 17.4. The number of rotatable bonds is 3. The molecule has 7 nitrogen and oxygen atoms in total. The molecule has 4 rings (SSSR count). The van der Waals surface area contributed by atoms with Crippen LogP contribution in [0, 0.1) is 10.1 Å². The average Bonchev–Trinajstić information content (AvgIpc) is 3.16. The Morgan fingerprint density at radius 3 is 2.68 bits per heavy atom. The van der Waals surface area contributed by atoms with E-state index >= 15 is 0 Å². The second kappa shape index (κ2) is 6.10. The van der Waals surface area contributed by atoms with Crippen molar-refractivity contribution >= 4 is 16.6 Å². The number of non-ortho nitro benzene ring substituents is 1. The molecule has 2 aromatic carbocycles. The predicted molar refractivity (Wildman–Crippen MR) is 94.0 cm³/mol. The molecule has 7 heteroatoms. The minimum Gasteiger partial charge on any atom is -0.307 e. The van der Waals surface area contributed by atoms with Crippen molar-refractivity contribution in [3.05, 3.63) is 74.8 Å². The van der Waals surface area contributed by atoms with Crippen molar-refractivity contribution in [1.29, 1.82) is 0 Å². The molecule has 25 heavy (non-hydrogen) atoms. The van der Waals surface area contributed by atoms with Gasteiger partial charge in [0, 0.05) is 12.1 Å². The maximum Gasteiger partial charge on any atom is 0.270 e. The lowest BCUT2D eigenvalue weighted by molar-refractivity contribution is -0.384. The van der Waals surface area contributed by atoms with Crippen LogP contribution in [0.3, 0.4) is 0 Å². The Labute approximate surface area is 143 Å². The van der Waals surface area contributed by atoms with Gasteiger partial charge in [0.25, 0.3) is 11.2 Å². The van der Waals surface area contributed by atoms with Crippen molar-refractivity contribution in [2.45, 2.75) is 18.9 Å². The van der Waals surface area contributed by atoms with Crippen molar-refractivity contribution in [3.8, 4) is 5.69 Å². The van der Waals surface area contributed by atoms with Crippen LogP contribution in [0.2, 0.25) is 0 Å². The highest BCUT2D eigenvalue weighted by atomic mass is 16.6. The van der Waals surface area contributed by atoms with E-state index in [1.165, 1.54) is 12.1 Å². The summed E-state index contributed by atoms with van der Waals surface area (Å²) in [5, 5.41) is 14.7. The largest absolute Gasteiger partial charge is 0.307 e. The molecule has 1 N–H and O–H groups in total. The number of nitrogens with zero attached hydrogens (tertiary/aromatic N) is 3. The van der Waals surface area contributed by atoms with Gasteiger partial charge in [0.15, 0.2) is 0 Å². The number of hydrogen-bond donors (Lipinski definition) is 1. The fraction of sp³-hybridized carbons (Fsp3) is 0.222. The Bertz CT molecular complexity index is 1010. The minimum atomic E-state index is -0.502. The molecule has 3 aromatic rings. The first-order chi connectivity index (χ1) is 12.1. The monoisotopic (exact) mass is 336 g/mol. The molecule has 0 amide bonds. The molecule has 0 bridgehead atoms. The molecule has 0 aliphatic carbocycles. The number of para-hydroxylation sites is 1. The Morgan fingerprint density at radius 1 is 1.20 bits per heavy atom. The molecule has 0 saturated carbocycles. The average molecular weight is 336 g/mol. The maximum atomic E-state index is 13.2. The van der Waals surface area contributed by atoms with E-state index < -0.39 is 4.92 Å². The lowest BCUT2D eigenvalue weighted by atomic mass is 10.1. The van der Waals surface area contributed by atoms with Crippen molar-refractivity contribution in [2.75, 3.05) is 6.54 Å². The minimum absolute atomic E-state index is 0.00695. The van der Waals surface area contributed by atoms with Crippen LogP contribution >= 0.6 is 0 Å². The Hall–Kier alpha value is -3.06. The molecule has 0 radical (unpaired) electrons. The Kier molecular flexibility index (Phi) is 3.77. The molecular weight excluding hydrogens is 320 g/mol. The number of benzene rings is 2. The lowest BCUT2D eigenvalue weighted by Gasteiger charge is -2.18. The first-order valence-electron chi connectivity index (χ1n) is 8.15. The molecule has 0 spiro atoms. The highest BCUT2D eigenvalue weighted by Gasteiger charge is 2.24. The number of aromatic nitrogens is 2. The summed E-state index contributed by atoms with van der Waals surface area (Å²) < 4.78 is 1.56. The van der Waals surface area contributed by atoms with Gasteiger partial charge < -0.3 is 5.32 Å². The number of hydrogen-bond acceptors (Lipinski definition) is 5. The summed E-state index contributed by atoms with van der Waals surface area (Å²) in [6.45, 7) is 0.883. The number of nitro groups is 1. The predicted octanol–water partition coefficient (Wildman–Crippen LogP) is 2.72. The molecule has 1 aliphatic heterocycles. The molecule has 1 aliphatic rings. The number of fused-ring (bicyclic) bond motifs is 1. The molecule has 1 saturated heterocycles. The van der Waals surface area contributed by atoms with E-state index in [2.05, 4.69) is 10.3 Å². The topological polar surface area (TPSA) is 90.1 Å². The van der Waals surface area contributed by atoms with Crippen molar-refractivity contribution < 1.29 is 4.92 Å². The second-order valence-corrected chi connectivity index (χ2v) is 6.05. The Balaban J connectivity index is 2.03. The fourth-order valence-electron chi connectivity index (χ4n) is 3.27. The summed E-state index contributed by atoms with van der Waals surface area (Å²) in [6, 6.07) is 13.5. The van der Waals surface area contributed by atoms with Gasteiger partial charge in [0.1, 0.15) is 5.82 Å². The third-order valence-corrected chi connectivity index (χ3v) is 4.47. The van der Waals surface area contributed by atoms with Crippen LogP contribution in [0.4, 0.5) is 5.69 Å². The van der Waals surface area contributed by atoms with Gasteiger partial charge in [-0.1, -0.05) is 18.2 Å². The van der Waals surface area contributed by atoms with Gasteiger partial charge >= 0.3 is 0 Å². The van der Waals surface area contributed by atoms with E-state index in [1.807, 2.05) is 30.3 Å². The van der Waals surface area contributed by atoms with Gasteiger partial charge in [-0.25, -0.2) is 4.98 Å². The molecule has 1 aromatic heterocycles. The van der Waals surface area contributed by atoms with Gasteiger partial charge in [-0.2, -0.15) is 0 Å². The normalized spacial score (nSPS) is 17.0. The quantitative estimate of drug-likeness (QED) is 0.587. The van der Waals surface area contributed by atoms with Crippen LogP contribution < -0.4 is 10.9 Å². The van der Waals surface area contributed by atoms with E-state index in [4.69, 9.17) is 0 Å². The highest BCUT2D eigenvalue weighted by Crippen LogP contribution is 2.25. The molecule has 2 heterocycles. The van der Waals surface area contributed by atoms with Crippen molar-refractivity contribution in [1.82, 2.24) is 14.9 Å². The lowest BCUT2D eigenvalue weighted by Crippen LogP contribution is -2.28. The fourth-order valence-corrected chi connectivity index (χ4v) is 3.27. The van der Waals surface area contributed by atoms with Crippen LogP contribution in [0.15, 0.2) is 53.3 Å². The summed E-state index contributed by atoms with van der Waals surface area (Å²) in [6.07, 6.45) is 1.92. The first kappa shape index (κ1) is 15.5. The first-order valence-corrected chi connectivity index (χ1v) is 8.15. The van der Waals surface area contributed by atoms with Crippen molar-refractivity contribution in [3.63, 3.8) is 0 Å². The van der Waals surface area contributed by atoms with Gasteiger partial charge in [-0.3, -0.25) is 19.5 Å². The molecule has 1 unspecified atom stereocenters. The van der Waals surface area contributed by atoms with Crippen molar-refractivity contribution in [2.24, 2.45) is 0 Å². The standard InChI is InChI=1S/C18H16N4O3/c23-18-14-11-13(22(24)25)8-9-15(14)20-17(16-7-4-10-19-16)21(18)12-5-2-1-3-6-12/h1-3,5-6,8-9,11,16,19H,4,7,10H2. The van der Waals surface area contributed by atoms with Crippen LogP contribution in [0.5, 0.6) is 0 Å². The summed E-state index contributed by atoms with van der Waals surface area (Å²) in [4.78, 5) is 28.4. The van der Waals surface area contributed by atoms with E-state index in [0.29, 0.717) is 17.0 Å². The summed E-state index contributed by atoms with van der Waals surface area (Å²) in [5.74, 6) is 0.648. The molecule has 126 valence electrons. The van der Waals surface area contributed by atoms with Gasteiger partial charge in [-0.05, 0) is 37.6 Å². The zero-order valence-electron chi connectivity index (χ0n) is 13.4. The SMILES string of the molecule is O=c1c2cc([N+](=O)[O-])ccc2nc(C2CCCN2)n1-c1ccccc1. The van der Waals surface area contributed by atoms with E-state index in [-0.39, 0.29) is 22.7 Å². The van der Waals surface area contributed by atoms with Gasteiger partial charge in [0.2, 0.25) is 0 Å². The summed E-state index contributed by atoms with van der Waals surface area (Å²) in [5.41, 5.74) is 0.782. The van der Waals surface area contributed by atoms with E-state index in [9.17, 15) is 14.9 Å². The van der Waals surface area contributed by atoms with E-state index in [1.54, 1.807) is 10.6 Å². The molecule has 1 fully saturated rings. The Morgan fingerprint density at radius 2 is 2.00 bits per heavy atom. The van der Waals surface area contributed by atoms with E-state index in [0.717, 1.165) is 19.4 Å². The molecule has 1 atom stereocenters. The highest BCUT2D eigenvalue weighted by molar-refractivity contribution is 5.80. The zero-order valence-corrected chi connectivity index (χ0v) is 13.4. The second-order valence-electron chi connectivity index (χ2n) is 6.05. The van der Waals surface area contributed by atoms with Crippen LogP contribution in [-0.2, 0) is 0 Å². The van der Waals surface area contributed by atoms with Crippen LogP contribution in [0.1, 0.15) is 24.7 Å². The smallest absolute Gasteiger partial charge is 0.270 e. The number of nitro benzene ring substituents is 1. The summed E-state index contributed by atoms with van der Waals surface area (Å²) in [7, 11) is 0. The third-order valence-electron chi connectivity index (χ3n) is 4.47. The maximum absolute atomic E-state index is 13.2. The van der Waals surface area contributed by atoms with Crippen LogP contribution in [0.25, 0.3) is 16.6 Å². The molecular formula is C18H16N4O3. The third kappa shape index (κ3) is 2.68. The van der Waals surface area contributed by atoms with Crippen LogP contribution in [-0.4, -0.2) is 21.0 Å².